The summed E-state index contributed by atoms with van der Waals surface area (Å²) in [5.74, 6) is 0.568. The number of carboxylic acid groups (broad SMARTS) is 1. The Morgan fingerprint density at radius 2 is 2.05 bits per heavy atom. The second-order valence-corrected chi connectivity index (χ2v) is 5.24. The molecule has 0 unspecified atom stereocenters. The number of pyridine rings is 1. The zero-order valence-electron chi connectivity index (χ0n) is 11.7. The Morgan fingerprint density at radius 1 is 1.32 bits per heavy atom. The van der Waals surface area contributed by atoms with Gasteiger partial charge in [0.1, 0.15) is 11.3 Å². The molecule has 0 aliphatic carbocycles. The van der Waals surface area contributed by atoms with Crippen molar-refractivity contribution in [3.05, 3.63) is 53.4 Å². The fourth-order valence-electron chi connectivity index (χ4n) is 2.31. The number of carbonyl (C=O) groups is 1. The van der Waals surface area contributed by atoms with E-state index in [0.717, 1.165) is 5.69 Å². The lowest BCUT2D eigenvalue weighted by atomic mass is 10.2. The van der Waals surface area contributed by atoms with Crippen LogP contribution < -0.4 is 5.32 Å². The number of amides is 1. The Morgan fingerprint density at radius 3 is 2.73 bits per heavy atom. The monoisotopic (exact) mass is 316 g/mol. The lowest BCUT2D eigenvalue weighted by molar-refractivity contribution is 0.190. The van der Waals surface area contributed by atoms with E-state index in [1.807, 2.05) is 22.8 Å². The van der Waals surface area contributed by atoms with E-state index in [0.29, 0.717) is 22.0 Å². The first kappa shape index (κ1) is 14.3. The normalized spacial score (nSPS) is 12.3. The van der Waals surface area contributed by atoms with Crippen molar-refractivity contribution in [1.29, 1.82) is 0 Å². The average molecular weight is 317 g/mol. The van der Waals surface area contributed by atoms with Crippen LogP contribution in [0.15, 0.2) is 42.6 Å². The zero-order valence-corrected chi connectivity index (χ0v) is 12.4. The van der Waals surface area contributed by atoms with Gasteiger partial charge >= 0.3 is 6.09 Å². The van der Waals surface area contributed by atoms with E-state index in [2.05, 4.69) is 15.3 Å². The van der Waals surface area contributed by atoms with Crippen molar-refractivity contribution in [1.82, 2.24) is 19.9 Å². The standard InChI is InChI=1S/C15H13ClN4O2/c1-9(18-15(21)22)13-19-12-3-2-8-17-14(12)20(13)11-6-4-10(16)5-7-11/h2-9,18H,1H3,(H,21,22)/t9-/m0/s1. The first-order chi connectivity index (χ1) is 10.6. The largest absolute Gasteiger partial charge is 0.465 e. The number of nitrogens with zero attached hydrogens (tertiary/aromatic N) is 3. The van der Waals surface area contributed by atoms with Gasteiger partial charge in [-0.05, 0) is 43.3 Å². The van der Waals surface area contributed by atoms with Crippen molar-refractivity contribution in [2.75, 3.05) is 0 Å². The van der Waals surface area contributed by atoms with Gasteiger partial charge in [0.25, 0.3) is 0 Å². The Kier molecular flexibility index (Phi) is 3.68. The molecule has 0 aliphatic heterocycles. The summed E-state index contributed by atoms with van der Waals surface area (Å²) in [6, 6.07) is 10.4. The van der Waals surface area contributed by atoms with Crippen molar-refractivity contribution >= 4 is 28.9 Å². The molecule has 0 aliphatic rings. The fourth-order valence-corrected chi connectivity index (χ4v) is 2.44. The Bertz CT molecular complexity index is 829. The van der Waals surface area contributed by atoms with E-state index in [4.69, 9.17) is 16.7 Å². The summed E-state index contributed by atoms with van der Waals surface area (Å²) in [5, 5.41) is 12.0. The maximum absolute atomic E-state index is 10.9. The summed E-state index contributed by atoms with van der Waals surface area (Å²) in [6.07, 6.45) is 0.574. The molecule has 22 heavy (non-hydrogen) atoms. The molecule has 112 valence electrons. The number of benzene rings is 1. The Hall–Kier alpha value is -2.60. The lowest BCUT2D eigenvalue weighted by Gasteiger charge is -2.14. The number of fused-ring (bicyclic) bond motifs is 1. The minimum atomic E-state index is -1.10. The van der Waals surface area contributed by atoms with Gasteiger partial charge in [0.05, 0.1) is 6.04 Å². The predicted molar refractivity (Wildman–Crippen MR) is 83.5 cm³/mol. The third-order valence-electron chi connectivity index (χ3n) is 3.25. The van der Waals surface area contributed by atoms with Crippen molar-refractivity contribution in [3.8, 4) is 5.69 Å². The van der Waals surface area contributed by atoms with Crippen LogP contribution in [0.2, 0.25) is 5.02 Å². The average Bonchev–Trinajstić information content (AvgIpc) is 2.87. The van der Waals surface area contributed by atoms with Gasteiger partial charge in [-0.3, -0.25) is 4.57 Å². The molecule has 2 heterocycles. The molecule has 2 N–H and O–H groups in total. The third-order valence-corrected chi connectivity index (χ3v) is 3.51. The smallest absolute Gasteiger partial charge is 0.405 e. The molecule has 1 aromatic carbocycles. The van der Waals surface area contributed by atoms with Gasteiger partial charge in [-0.2, -0.15) is 0 Å². The number of hydrogen-bond donors (Lipinski definition) is 2. The van der Waals surface area contributed by atoms with Gasteiger partial charge in [0.15, 0.2) is 5.65 Å². The van der Waals surface area contributed by atoms with E-state index in [9.17, 15) is 4.79 Å². The number of aromatic nitrogens is 3. The highest BCUT2D eigenvalue weighted by Crippen LogP contribution is 2.24. The molecular formula is C15H13ClN4O2. The quantitative estimate of drug-likeness (QED) is 0.776. The maximum atomic E-state index is 10.9. The predicted octanol–water partition coefficient (Wildman–Crippen LogP) is 3.40. The summed E-state index contributed by atoms with van der Waals surface area (Å²) in [6.45, 7) is 1.74. The molecular weight excluding hydrogens is 304 g/mol. The fraction of sp³-hybridized carbons (Fsp3) is 0.133. The summed E-state index contributed by atoms with van der Waals surface area (Å²) in [5.41, 5.74) is 2.19. The molecule has 0 bridgehead atoms. The Labute approximate surface area is 131 Å². The number of imidazole rings is 1. The highest BCUT2D eigenvalue weighted by Gasteiger charge is 2.19. The molecule has 1 atom stereocenters. The first-order valence-corrected chi connectivity index (χ1v) is 7.03. The summed E-state index contributed by atoms with van der Waals surface area (Å²) in [7, 11) is 0. The van der Waals surface area contributed by atoms with Gasteiger partial charge < -0.3 is 10.4 Å². The lowest BCUT2D eigenvalue weighted by Crippen LogP contribution is -2.26. The molecule has 3 aromatic rings. The van der Waals surface area contributed by atoms with Gasteiger partial charge in [-0.15, -0.1) is 0 Å². The molecule has 3 rings (SSSR count). The van der Waals surface area contributed by atoms with Crippen LogP contribution in [0.3, 0.4) is 0 Å². The van der Waals surface area contributed by atoms with Crippen LogP contribution >= 0.6 is 11.6 Å². The van der Waals surface area contributed by atoms with Crippen LogP contribution in [-0.4, -0.2) is 25.7 Å². The van der Waals surface area contributed by atoms with Crippen LogP contribution in [0.5, 0.6) is 0 Å². The molecule has 0 fully saturated rings. The van der Waals surface area contributed by atoms with Crippen LogP contribution in [-0.2, 0) is 0 Å². The highest BCUT2D eigenvalue weighted by molar-refractivity contribution is 6.30. The molecule has 0 radical (unpaired) electrons. The minimum absolute atomic E-state index is 0.484. The van der Waals surface area contributed by atoms with Crippen molar-refractivity contribution in [3.63, 3.8) is 0 Å². The molecule has 1 amide bonds. The van der Waals surface area contributed by atoms with Gasteiger partial charge in [0.2, 0.25) is 0 Å². The van der Waals surface area contributed by atoms with E-state index in [-0.39, 0.29) is 0 Å². The summed E-state index contributed by atoms with van der Waals surface area (Å²) < 4.78 is 1.83. The first-order valence-electron chi connectivity index (χ1n) is 6.65. The number of nitrogens with one attached hydrogen (secondary N) is 1. The number of halogens is 1. The van der Waals surface area contributed by atoms with Crippen molar-refractivity contribution in [2.45, 2.75) is 13.0 Å². The molecule has 2 aromatic heterocycles. The molecule has 7 heteroatoms. The van der Waals surface area contributed by atoms with Gasteiger partial charge in [0, 0.05) is 16.9 Å². The summed E-state index contributed by atoms with van der Waals surface area (Å²) in [4.78, 5) is 19.8. The molecule has 0 saturated carbocycles. The summed E-state index contributed by atoms with van der Waals surface area (Å²) >= 11 is 5.93. The van der Waals surface area contributed by atoms with Crippen molar-refractivity contribution in [2.24, 2.45) is 0 Å². The Balaban J connectivity index is 2.20. The maximum Gasteiger partial charge on any atom is 0.405 e. The van der Waals surface area contributed by atoms with E-state index in [1.54, 1.807) is 31.3 Å². The second-order valence-electron chi connectivity index (χ2n) is 4.80. The SMILES string of the molecule is C[C@H](NC(=O)O)c1nc2cccnc2n1-c1ccc(Cl)cc1. The van der Waals surface area contributed by atoms with Crippen LogP contribution in [0.1, 0.15) is 18.8 Å². The van der Waals surface area contributed by atoms with E-state index >= 15 is 0 Å². The zero-order chi connectivity index (χ0) is 15.7. The topological polar surface area (TPSA) is 80.0 Å². The van der Waals surface area contributed by atoms with Gasteiger partial charge in [-0.1, -0.05) is 11.6 Å². The minimum Gasteiger partial charge on any atom is -0.465 e. The van der Waals surface area contributed by atoms with Crippen molar-refractivity contribution < 1.29 is 9.90 Å². The van der Waals surface area contributed by atoms with Crippen LogP contribution in [0.4, 0.5) is 4.79 Å². The van der Waals surface area contributed by atoms with E-state index in [1.165, 1.54) is 0 Å². The van der Waals surface area contributed by atoms with Crippen LogP contribution in [0, 0.1) is 0 Å². The molecule has 0 saturated heterocycles. The van der Waals surface area contributed by atoms with Gasteiger partial charge in [-0.25, -0.2) is 14.8 Å². The van der Waals surface area contributed by atoms with E-state index < -0.39 is 12.1 Å². The molecule has 0 spiro atoms. The molecule has 6 nitrogen and oxygen atoms in total. The number of rotatable bonds is 3. The second kappa shape index (κ2) is 5.65. The third kappa shape index (κ3) is 2.60. The highest BCUT2D eigenvalue weighted by atomic mass is 35.5. The van der Waals surface area contributed by atoms with Crippen LogP contribution in [0.25, 0.3) is 16.9 Å². The number of hydrogen-bond acceptors (Lipinski definition) is 3.